The fourth-order valence-corrected chi connectivity index (χ4v) is 5.08. The molecule has 0 bridgehead atoms. The molecular formula is C21H23ClN4O2S. The maximum absolute atomic E-state index is 12.8. The number of carbonyl (C=O) groups excluding carboxylic acids is 1. The fourth-order valence-electron chi connectivity index (χ4n) is 3.88. The lowest BCUT2D eigenvalue weighted by molar-refractivity contribution is -0.130. The monoisotopic (exact) mass is 430 g/mol. The molecule has 3 aromatic rings. The molecule has 1 saturated heterocycles. The zero-order valence-electron chi connectivity index (χ0n) is 16.4. The topological polar surface area (TPSA) is 69.3 Å². The van der Waals surface area contributed by atoms with Crippen LogP contribution in [0.1, 0.15) is 25.6 Å². The second-order valence-corrected chi connectivity index (χ2v) is 8.72. The van der Waals surface area contributed by atoms with Gasteiger partial charge >= 0.3 is 0 Å². The number of hydrogen-bond acceptors (Lipinski definition) is 5. The Morgan fingerprint density at radius 2 is 2.03 bits per heavy atom. The minimum atomic E-state index is -0.132. The van der Waals surface area contributed by atoms with Gasteiger partial charge in [-0.3, -0.25) is 14.5 Å². The molecule has 152 valence electrons. The Morgan fingerprint density at radius 3 is 2.72 bits per heavy atom. The largest absolute Gasteiger partial charge is 0.343 e. The highest BCUT2D eigenvalue weighted by Crippen LogP contribution is 2.34. The van der Waals surface area contributed by atoms with Crippen LogP contribution in [-0.4, -0.2) is 51.9 Å². The number of rotatable bonds is 4. The van der Waals surface area contributed by atoms with Crippen molar-refractivity contribution in [2.45, 2.75) is 32.4 Å². The number of carbonyl (C=O) groups is 1. The summed E-state index contributed by atoms with van der Waals surface area (Å²) >= 11 is 7.79. The molecule has 4 rings (SSSR count). The van der Waals surface area contributed by atoms with E-state index in [0.29, 0.717) is 22.8 Å². The molecule has 1 fully saturated rings. The van der Waals surface area contributed by atoms with Gasteiger partial charge in [0.25, 0.3) is 5.56 Å². The SMILES string of the molecule is CC(=O)N(C)C1CCN(Cc2nc3scc(-c4ccccc4Cl)c3c(=O)[nH]2)CC1. The number of fused-ring (bicyclic) bond motifs is 1. The van der Waals surface area contributed by atoms with Crippen molar-refractivity contribution in [1.29, 1.82) is 0 Å². The molecule has 1 aromatic carbocycles. The first-order valence-corrected chi connectivity index (χ1v) is 10.9. The highest BCUT2D eigenvalue weighted by Gasteiger charge is 2.24. The van der Waals surface area contributed by atoms with Crippen LogP contribution in [0.5, 0.6) is 0 Å². The van der Waals surface area contributed by atoms with Crippen LogP contribution >= 0.6 is 22.9 Å². The molecule has 0 unspecified atom stereocenters. The van der Waals surface area contributed by atoms with Crippen molar-refractivity contribution in [3.63, 3.8) is 0 Å². The number of H-pyrrole nitrogens is 1. The van der Waals surface area contributed by atoms with Gasteiger partial charge in [-0.2, -0.15) is 0 Å². The second-order valence-electron chi connectivity index (χ2n) is 7.46. The lowest BCUT2D eigenvalue weighted by atomic mass is 10.0. The number of benzene rings is 1. The van der Waals surface area contributed by atoms with Crippen LogP contribution in [0.2, 0.25) is 5.02 Å². The van der Waals surface area contributed by atoms with Gasteiger partial charge in [-0.25, -0.2) is 4.98 Å². The van der Waals surface area contributed by atoms with Gasteiger partial charge < -0.3 is 9.88 Å². The molecule has 8 heteroatoms. The minimum Gasteiger partial charge on any atom is -0.343 e. The molecule has 1 aliphatic heterocycles. The molecule has 0 saturated carbocycles. The highest BCUT2D eigenvalue weighted by molar-refractivity contribution is 7.17. The Morgan fingerprint density at radius 1 is 1.31 bits per heavy atom. The summed E-state index contributed by atoms with van der Waals surface area (Å²) in [5, 5.41) is 3.16. The van der Waals surface area contributed by atoms with Gasteiger partial charge in [0.2, 0.25) is 5.91 Å². The lowest BCUT2D eigenvalue weighted by Crippen LogP contribution is -2.44. The Labute approximate surface area is 178 Å². The molecule has 0 aliphatic carbocycles. The van der Waals surface area contributed by atoms with Crippen molar-refractivity contribution in [1.82, 2.24) is 19.8 Å². The minimum absolute atomic E-state index is 0.104. The van der Waals surface area contributed by atoms with E-state index in [0.717, 1.165) is 41.9 Å². The van der Waals surface area contributed by atoms with E-state index in [1.807, 2.05) is 41.6 Å². The summed E-state index contributed by atoms with van der Waals surface area (Å²) in [6.45, 7) is 3.95. The Kier molecular flexibility index (Phi) is 5.72. The first-order chi connectivity index (χ1) is 13.9. The van der Waals surface area contributed by atoms with Crippen molar-refractivity contribution in [3.05, 3.63) is 50.8 Å². The zero-order valence-corrected chi connectivity index (χ0v) is 18.0. The molecule has 1 amide bonds. The van der Waals surface area contributed by atoms with E-state index in [1.165, 1.54) is 11.3 Å². The Balaban J connectivity index is 1.53. The smallest absolute Gasteiger partial charge is 0.260 e. The molecule has 6 nitrogen and oxygen atoms in total. The van der Waals surface area contributed by atoms with Gasteiger partial charge in [0, 0.05) is 54.6 Å². The number of nitrogens with zero attached hydrogens (tertiary/aromatic N) is 3. The number of aromatic nitrogens is 2. The first kappa shape index (κ1) is 20.1. The quantitative estimate of drug-likeness (QED) is 0.684. The van der Waals surface area contributed by atoms with E-state index < -0.39 is 0 Å². The standard InChI is InChI=1S/C21H23ClN4O2S/c1-13(27)25(2)14-7-9-26(10-8-14)11-18-23-20(28)19-16(12-29-21(19)24-18)15-5-3-4-6-17(15)22/h3-6,12,14H,7-11H2,1-2H3,(H,23,24,28). The van der Waals surface area contributed by atoms with Gasteiger partial charge in [-0.15, -0.1) is 11.3 Å². The van der Waals surface area contributed by atoms with Crippen molar-refractivity contribution in [2.75, 3.05) is 20.1 Å². The summed E-state index contributed by atoms with van der Waals surface area (Å²) in [6.07, 6.45) is 1.86. The molecule has 0 atom stereocenters. The van der Waals surface area contributed by atoms with Crippen LogP contribution in [0, 0.1) is 0 Å². The molecule has 0 spiro atoms. The number of hydrogen-bond donors (Lipinski definition) is 1. The van der Waals surface area contributed by atoms with Crippen LogP contribution in [0.25, 0.3) is 21.3 Å². The van der Waals surface area contributed by atoms with Gasteiger partial charge in [-0.05, 0) is 18.9 Å². The Bertz CT molecular complexity index is 1100. The zero-order chi connectivity index (χ0) is 20.5. The molecule has 1 aliphatic rings. The normalized spacial score (nSPS) is 15.7. The fraction of sp³-hybridized carbons (Fsp3) is 0.381. The van der Waals surface area contributed by atoms with Crippen molar-refractivity contribution in [3.8, 4) is 11.1 Å². The Hall–Kier alpha value is -2.22. The van der Waals surface area contributed by atoms with Crippen LogP contribution < -0.4 is 5.56 Å². The number of halogens is 1. The number of amides is 1. The molecule has 1 N–H and O–H groups in total. The molecule has 2 aromatic heterocycles. The van der Waals surface area contributed by atoms with Crippen molar-refractivity contribution < 1.29 is 4.79 Å². The number of likely N-dealkylation sites (tertiary alicyclic amines) is 1. The third kappa shape index (κ3) is 4.08. The van der Waals surface area contributed by atoms with Gasteiger partial charge in [0.05, 0.1) is 11.9 Å². The van der Waals surface area contributed by atoms with E-state index in [9.17, 15) is 9.59 Å². The summed E-state index contributed by atoms with van der Waals surface area (Å²) in [5.41, 5.74) is 1.54. The number of aromatic amines is 1. The van der Waals surface area contributed by atoms with Crippen molar-refractivity contribution in [2.24, 2.45) is 0 Å². The van der Waals surface area contributed by atoms with Gasteiger partial charge in [0.15, 0.2) is 0 Å². The molecule has 29 heavy (non-hydrogen) atoms. The maximum Gasteiger partial charge on any atom is 0.260 e. The predicted molar refractivity (Wildman–Crippen MR) is 117 cm³/mol. The lowest BCUT2D eigenvalue weighted by Gasteiger charge is -2.36. The van der Waals surface area contributed by atoms with E-state index in [-0.39, 0.29) is 17.5 Å². The number of nitrogens with one attached hydrogen (secondary N) is 1. The van der Waals surface area contributed by atoms with E-state index in [4.69, 9.17) is 16.6 Å². The van der Waals surface area contributed by atoms with Crippen LogP contribution in [0.15, 0.2) is 34.4 Å². The maximum atomic E-state index is 12.8. The predicted octanol–water partition coefficient (Wildman–Crippen LogP) is 3.75. The molecular weight excluding hydrogens is 408 g/mol. The molecule has 0 radical (unpaired) electrons. The van der Waals surface area contributed by atoms with Gasteiger partial charge in [-0.1, -0.05) is 29.8 Å². The second kappa shape index (κ2) is 8.26. The molecule has 3 heterocycles. The third-order valence-electron chi connectivity index (χ3n) is 5.63. The van der Waals surface area contributed by atoms with E-state index in [1.54, 1.807) is 6.92 Å². The summed E-state index contributed by atoms with van der Waals surface area (Å²) < 4.78 is 0. The summed E-state index contributed by atoms with van der Waals surface area (Å²) in [5.74, 6) is 0.778. The average molecular weight is 431 g/mol. The average Bonchev–Trinajstić information content (AvgIpc) is 3.12. The van der Waals surface area contributed by atoms with E-state index in [2.05, 4.69) is 9.88 Å². The number of piperidine rings is 1. The summed E-state index contributed by atoms with van der Waals surface area (Å²) in [4.78, 5) is 36.9. The van der Waals surface area contributed by atoms with Crippen LogP contribution in [0.4, 0.5) is 0 Å². The highest BCUT2D eigenvalue weighted by atomic mass is 35.5. The van der Waals surface area contributed by atoms with Crippen LogP contribution in [0.3, 0.4) is 0 Å². The van der Waals surface area contributed by atoms with Crippen LogP contribution in [-0.2, 0) is 11.3 Å². The number of thiophene rings is 1. The van der Waals surface area contributed by atoms with E-state index >= 15 is 0 Å². The van der Waals surface area contributed by atoms with Gasteiger partial charge in [0.1, 0.15) is 10.7 Å². The first-order valence-electron chi connectivity index (χ1n) is 9.65. The summed E-state index contributed by atoms with van der Waals surface area (Å²) in [6, 6.07) is 7.81. The third-order valence-corrected chi connectivity index (χ3v) is 6.83. The summed E-state index contributed by atoms with van der Waals surface area (Å²) in [7, 11) is 1.86. The van der Waals surface area contributed by atoms with Crippen molar-refractivity contribution >= 4 is 39.1 Å².